The van der Waals surface area contributed by atoms with E-state index in [4.69, 9.17) is 16.3 Å². The molecule has 5 nitrogen and oxygen atoms in total. The van der Waals surface area contributed by atoms with Gasteiger partial charge in [-0.1, -0.05) is 23.7 Å². The molecule has 0 aliphatic heterocycles. The number of benzene rings is 2. The van der Waals surface area contributed by atoms with Crippen LogP contribution in [0.5, 0.6) is 11.5 Å². The molecule has 0 aromatic heterocycles. The van der Waals surface area contributed by atoms with Gasteiger partial charge in [-0.3, -0.25) is 4.79 Å². The van der Waals surface area contributed by atoms with Gasteiger partial charge in [0.1, 0.15) is 11.6 Å². The largest absolute Gasteiger partial charge is 0.504 e. The minimum absolute atomic E-state index is 0.00323. The number of phenols is 1. The third-order valence-electron chi connectivity index (χ3n) is 3.48. The first-order chi connectivity index (χ1) is 12.0. The Labute approximate surface area is 151 Å². The molecule has 0 heterocycles. The number of amides is 1. The van der Waals surface area contributed by atoms with E-state index in [1.807, 2.05) is 6.07 Å². The number of aromatic hydroxyl groups is 1. The number of hydrogen-bond acceptors (Lipinski definition) is 4. The van der Waals surface area contributed by atoms with Crippen LogP contribution in [0.25, 0.3) is 6.08 Å². The van der Waals surface area contributed by atoms with Crippen molar-refractivity contribution in [1.82, 2.24) is 0 Å². The van der Waals surface area contributed by atoms with Crippen LogP contribution in [0.3, 0.4) is 0 Å². The Morgan fingerprint density at radius 2 is 2.16 bits per heavy atom. The second-order valence-corrected chi connectivity index (χ2v) is 5.60. The van der Waals surface area contributed by atoms with E-state index in [1.165, 1.54) is 12.1 Å². The highest BCUT2D eigenvalue weighted by atomic mass is 35.5. The first kappa shape index (κ1) is 18.4. The SMILES string of the molecule is CCOc1cc(/C=C(\C#N)C(=O)Nc2cccc(Cl)c2C)ccc1O. The van der Waals surface area contributed by atoms with Crippen molar-refractivity contribution in [2.75, 3.05) is 11.9 Å². The van der Waals surface area contributed by atoms with Crippen molar-refractivity contribution in [2.24, 2.45) is 0 Å². The normalized spacial score (nSPS) is 10.9. The van der Waals surface area contributed by atoms with Gasteiger partial charge in [-0.05, 0) is 55.3 Å². The second-order valence-electron chi connectivity index (χ2n) is 5.20. The average Bonchev–Trinajstić information content (AvgIpc) is 2.59. The highest BCUT2D eigenvalue weighted by molar-refractivity contribution is 6.31. The summed E-state index contributed by atoms with van der Waals surface area (Å²) in [5.74, 6) is -0.255. The fourth-order valence-electron chi connectivity index (χ4n) is 2.14. The molecule has 0 radical (unpaired) electrons. The van der Waals surface area contributed by atoms with E-state index in [0.717, 1.165) is 5.56 Å². The summed E-state index contributed by atoms with van der Waals surface area (Å²) < 4.78 is 5.30. The summed E-state index contributed by atoms with van der Waals surface area (Å²) in [5, 5.41) is 22.2. The van der Waals surface area contributed by atoms with Crippen molar-refractivity contribution in [3.63, 3.8) is 0 Å². The topological polar surface area (TPSA) is 82.3 Å². The van der Waals surface area contributed by atoms with Crippen LogP contribution in [0.1, 0.15) is 18.1 Å². The number of carbonyl (C=O) groups is 1. The molecule has 0 fully saturated rings. The monoisotopic (exact) mass is 356 g/mol. The van der Waals surface area contributed by atoms with E-state index in [0.29, 0.717) is 28.6 Å². The Morgan fingerprint density at radius 1 is 1.40 bits per heavy atom. The third kappa shape index (κ3) is 4.52. The van der Waals surface area contributed by atoms with E-state index in [1.54, 1.807) is 44.2 Å². The number of hydrogen-bond donors (Lipinski definition) is 2. The molecule has 0 unspecified atom stereocenters. The van der Waals surface area contributed by atoms with Gasteiger partial charge in [0.2, 0.25) is 0 Å². The Morgan fingerprint density at radius 3 is 2.84 bits per heavy atom. The molecule has 2 aromatic carbocycles. The maximum absolute atomic E-state index is 12.4. The Balaban J connectivity index is 2.28. The maximum Gasteiger partial charge on any atom is 0.266 e. The van der Waals surface area contributed by atoms with Crippen LogP contribution in [-0.4, -0.2) is 17.6 Å². The van der Waals surface area contributed by atoms with Crippen LogP contribution < -0.4 is 10.1 Å². The number of rotatable bonds is 5. The zero-order valence-electron chi connectivity index (χ0n) is 13.8. The molecule has 0 saturated heterocycles. The summed E-state index contributed by atoms with van der Waals surface area (Å²) in [6, 6.07) is 11.6. The molecular weight excluding hydrogens is 340 g/mol. The first-order valence-electron chi connectivity index (χ1n) is 7.60. The highest BCUT2D eigenvalue weighted by Gasteiger charge is 2.12. The molecule has 25 heavy (non-hydrogen) atoms. The van der Waals surface area contributed by atoms with Crippen molar-refractivity contribution in [2.45, 2.75) is 13.8 Å². The smallest absolute Gasteiger partial charge is 0.266 e. The summed E-state index contributed by atoms with van der Waals surface area (Å²) >= 11 is 6.03. The second kappa shape index (κ2) is 8.22. The fourth-order valence-corrected chi connectivity index (χ4v) is 2.31. The maximum atomic E-state index is 12.4. The number of nitrogens with zero attached hydrogens (tertiary/aromatic N) is 1. The number of carbonyl (C=O) groups excluding carboxylic acids is 1. The molecule has 0 bridgehead atoms. The van der Waals surface area contributed by atoms with Gasteiger partial charge in [-0.2, -0.15) is 5.26 Å². The molecule has 0 aliphatic rings. The molecule has 1 amide bonds. The van der Waals surface area contributed by atoms with Gasteiger partial charge in [0.25, 0.3) is 5.91 Å². The third-order valence-corrected chi connectivity index (χ3v) is 3.89. The van der Waals surface area contributed by atoms with Gasteiger partial charge >= 0.3 is 0 Å². The van der Waals surface area contributed by atoms with Crippen LogP contribution in [0.15, 0.2) is 42.0 Å². The highest BCUT2D eigenvalue weighted by Crippen LogP contribution is 2.28. The summed E-state index contributed by atoms with van der Waals surface area (Å²) in [4.78, 5) is 12.4. The molecule has 2 N–H and O–H groups in total. The van der Waals surface area contributed by atoms with Crippen molar-refractivity contribution in [3.05, 3.63) is 58.1 Å². The molecule has 2 rings (SSSR count). The van der Waals surface area contributed by atoms with Gasteiger partial charge in [-0.15, -0.1) is 0 Å². The zero-order chi connectivity index (χ0) is 18.4. The Bertz CT molecular complexity index is 869. The quantitative estimate of drug-likeness (QED) is 0.618. The standard InChI is InChI=1S/C19H17ClN2O3/c1-3-25-18-10-13(7-8-17(18)23)9-14(11-21)19(24)22-16-6-4-5-15(20)12(16)2/h4-10,23H,3H2,1-2H3,(H,22,24)/b14-9+. The molecule has 2 aromatic rings. The minimum atomic E-state index is -0.543. The van der Waals surface area contributed by atoms with E-state index in [2.05, 4.69) is 5.32 Å². The zero-order valence-corrected chi connectivity index (χ0v) is 14.6. The number of nitrogens with one attached hydrogen (secondary N) is 1. The Hall–Kier alpha value is -2.97. The van der Waals surface area contributed by atoms with E-state index in [-0.39, 0.29) is 11.3 Å². The molecular formula is C19H17ClN2O3. The van der Waals surface area contributed by atoms with Crippen LogP contribution in [0.2, 0.25) is 5.02 Å². The predicted octanol–water partition coefficient (Wildman–Crippen LogP) is 4.30. The molecule has 6 heteroatoms. The average molecular weight is 357 g/mol. The van der Waals surface area contributed by atoms with Gasteiger partial charge in [0.05, 0.1) is 6.61 Å². The summed E-state index contributed by atoms with van der Waals surface area (Å²) in [6.45, 7) is 3.96. The molecule has 0 spiro atoms. The lowest BCUT2D eigenvalue weighted by Crippen LogP contribution is -2.14. The van der Waals surface area contributed by atoms with Crippen LogP contribution >= 0.6 is 11.6 Å². The minimum Gasteiger partial charge on any atom is -0.504 e. The van der Waals surface area contributed by atoms with Gasteiger partial charge < -0.3 is 15.2 Å². The summed E-state index contributed by atoms with van der Waals surface area (Å²) in [7, 11) is 0. The van der Waals surface area contributed by atoms with Crippen molar-refractivity contribution >= 4 is 29.3 Å². The van der Waals surface area contributed by atoms with Gasteiger partial charge in [-0.25, -0.2) is 0 Å². The van der Waals surface area contributed by atoms with Crippen molar-refractivity contribution in [3.8, 4) is 17.6 Å². The van der Waals surface area contributed by atoms with E-state index < -0.39 is 5.91 Å². The molecule has 0 atom stereocenters. The number of phenolic OH excluding ortho intramolecular Hbond substituents is 1. The van der Waals surface area contributed by atoms with Crippen molar-refractivity contribution < 1.29 is 14.6 Å². The molecule has 0 aliphatic carbocycles. The summed E-state index contributed by atoms with van der Waals surface area (Å²) in [5.41, 5.74) is 1.75. The van der Waals surface area contributed by atoms with E-state index >= 15 is 0 Å². The fraction of sp³-hybridized carbons (Fsp3) is 0.158. The van der Waals surface area contributed by atoms with Crippen molar-refractivity contribution in [1.29, 1.82) is 5.26 Å². The predicted molar refractivity (Wildman–Crippen MR) is 97.7 cm³/mol. The Kier molecular flexibility index (Phi) is 6.04. The van der Waals surface area contributed by atoms with Crippen LogP contribution in [0, 0.1) is 18.3 Å². The molecule has 0 saturated carbocycles. The van der Waals surface area contributed by atoms with E-state index in [9.17, 15) is 15.2 Å². The number of nitriles is 1. The lowest BCUT2D eigenvalue weighted by atomic mass is 10.1. The van der Waals surface area contributed by atoms with Crippen LogP contribution in [-0.2, 0) is 4.79 Å². The summed E-state index contributed by atoms with van der Waals surface area (Å²) in [6.07, 6.45) is 1.43. The lowest BCUT2D eigenvalue weighted by molar-refractivity contribution is -0.112. The number of anilines is 1. The van der Waals surface area contributed by atoms with Crippen LogP contribution in [0.4, 0.5) is 5.69 Å². The number of halogens is 1. The van der Waals surface area contributed by atoms with Gasteiger partial charge in [0, 0.05) is 10.7 Å². The lowest BCUT2D eigenvalue weighted by Gasteiger charge is -2.09. The van der Waals surface area contributed by atoms with Gasteiger partial charge in [0.15, 0.2) is 11.5 Å². The molecule has 128 valence electrons. The number of ether oxygens (including phenoxy) is 1. The first-order valence-corrected chi connectivity index (χ1v) is 7.98.